The molecule has 2 rings (SSSR count). The topological polar surface area (TPSA) is 69.6 Å². The van der Waals surface area contributed by atoms with Gasteiger partial charge in [-0.05, 0) is 24.8 Å². The Labute approximate surface area is 120 Å². The van der Waals surface area contributed by atoms with E-state index in [1.807, 2.05) is 30.3 Å². The molecule has 1 unspecified atom stereocenters. The van der Waals surface area contributed by atoms with Gasteiger partial charge in [-0.3, -0.25) is 0 Å². The highest BCUT2D eigenvalue weighted by molar-refractivity contribution is 7.87. The molecule has 1 saturated heterocycles. The molecule has 2 N–H and O–H groups in total. The van der Waals surface area contributed by atoms with Crippen LogP contribution < -0.4 is 4.72 Å². The first-order valence-corrected chi connectivity index (χ1v) is 8.49. The van der Waals surface area contributed by atoms with Crippen LogP contribution in [0.1, 0.15) is 24.8 Å². The van der Waals surface area contributed by atoms with Gasteiger partial charge in [0.1, 0.15) is 0 Å². The largest absolute Gasteiger partial charge is 0.391 e. The van der Waals surface area contributed by atoms with Crippen LogP contribution in [0.4, 0.5) is 0 Å². The summed E-state index contributed by atoms with van der Waals surface area (Å²) in [5.74, 6) is 0. The van der Waals surface area contributed by atoms with Gasteiger partial charge in [-0.1, -0.05) is 36.8 Å². The second-order valence-corrected chi connectivity index (χ2v) is 6.91. The SMILES string of the molecule is O=S(=O)(NCC(O)Cc1ccccc1)N1CCCCC1. The number of nitrogens with zero attached hydrogens (tertiary/aromatic N) is 1. The van der Waals surface area contributed by atoms with Crippen molar-refractivity contribution in [3.63, 3.8) is 0 Å². The first-order valence-electron chi connectivity index (χ1n) is 7.04. The zero-order chi connectivity index (χ0) is 14.4. The summed E-state index contributed by atoms with van der Waals surface area (Å²) >= 11 is 0. The molecule has 1 fully saturated rings. The third-order valence-electron chi connectivity index (χ3n) is 3.47. The number of aliphatic hydroxyl groups is 1. The van der Waals surface area contributed by atoms with E-state index in [0.717, 1.165) is 24.8 Å². The molecule has 112 valence electrons. The Morgan fingerprint density at radius 3 is 2.45 bits per heavy atom. The molecule has 1 atom stereocenters. The lowest BCUT2D eigenvalue weighted by Gasteiger charge is -2.26. The minimum absolute atomic E-state index is 0.0493. The van der Waals surface area contributed by atoms with Crippen molar-refractivity contribution in [3.8, 4) is 0 Å². The molecule has 1 aliphatic heterocycles. The Balaban J connectivity index is 1.81. The fourth-order valence-electron chi connectivity index (χ4n) is 2.36. The minimum atomic E-state index is -3.45. The van der Waals surface area contributed by atoms with Crippen LogP contribution in [0.2, 0.25) is 0 Å². The maximum atomic E-state index is 12.0. The molecule has 6 heteroatoms. The molecule has 0 amide bonds. The molecule has 0 spiro atoms. The predicted molar refractivity (Wildman–Crippen MR) is 78.5 cm³/mol. The number of hydrogen-bond donors (Lipinski definition) is 2. The molecule has 0 bridgehead atoms. The lowest BCUT2D eigenvalue weighted by Crippen LogP contribution is -2.45. The van der Waals surface area contributed by atoms with Crippen LogP contribution >= 0.6 is 0 Å². The average Bonchev–Trinajstić information content (AvgIpc) is 2.47. The Morgan fingerprint density at radius 1 is 1.15 bits per heavy atom. The fraction of sp³-hybridized carbons (Fsp3) is 0.571. The summed E-state index contributed by atoms with van der Waals surface area (Å²) in [6, 6.07) is 9.56. The van der Waals surface area contributed by atoms with E-state index in [2.05, 4.69) is 4.72 Å². The molecular weight excluding hydrogens is 276 g/mol. The van der Waals surface area contributed by atoms with Gasteiger partial charge < -0.3 is 5.11 Å². The lowest BCUT2D eigenvalue weighted by molar-refractivity contribution is 0.177. The summed E-state index contributed by atoms with van der Waals surface area (Å²) in [6.07, 6.45) is 2.64. The molecule has 1 aromatic carbocycles. The second kappa shape index (κ2) is 7.17. The smallest absolute Gasteiger partial charge is 0.279 e. The maximum absolute atomic E-state index is 12.0. The fourth-order valence-corrected chi connectivity index (χ4v) is 3.68. The molecule has 20 heavy (non-hydrogen) atoms. The van der Waals surface area contributed by atoms with Gasteiger partial charge in [-0.25, -0.2) is 0 Å². The van der Waals surface area contributed by atoms with Gasteiger partial charge in [0.25, 0.3) is 10.2 Å². The van der Waals surface area contributed by atoms with Crippen LogP contribution in [0.5, 0.6) is 0 Å². The number of rotatable bonds is 6. The van der Waals surface area contributed by atoms with Gasteiger partial charge in [0.05, 0.1) is 6.10 Å². The highest BCUT2D eigenvalue weighted by Gasteiger charge is 2.24. The van der Waals surface area contributed by atoms with Crippen LogP contribution in [-0.4, -0.2) is 43.6 Å². The summed E-state index contributed by atoms with van der Waals surface area (Å²) in [4.78, 5) is 0. The van der Waals surface area contributed by atoms with E-state index < -0.39 is 16.3 Å². The van der Waals surface area contributed by atoms with Crippen molar-refractivity contribution in [2.75, 3.05) is 19.6 Å². The van der Waals surface area contributed by atoms with E-state index in [9.17, 15) is 13.5 Å². The highest BCUT2D eigenvalue weighted by atomic mass is 32.2. The third kappa shape index (κ3) is 4.56. The number of aliphatic hydroxyl groups excluding tert-OH is 1. The van der Waals surface area contributed by atoms with Gasteiger partial charge in [0, 0.05) is 19.6 Å². The van der Waals surface area contributed by atoms with Crippen LogP contribution in [0, 0.1) is 0 Å². The number of nitrogens with one attached hydrogen (secondary N) is 1. The van der Waals surface area contributed by atoms with Crippen molar-refractivity contribution in [1.29, 1.82) is 0 Å². The van der Waals surface area contributed by atoms with Crippen LogP contribution in [0.3, 0.4) is 0 Å². The van der Waals surface area contributed by atoms with Crippen LogP contribution in [0.25, 0.3) is 0 Å². The lowest BCUT2D eigenvalue weighted by atomic mass is 10.1. The standard InChI is InChI=1S/C14H22N2O3S/c17-14(11-13-7-3-1-4-8-13)12-15-20(18,19)16-9-5-2-6-10-16/h1,3-4,7-8,14-15,17H,2,5-6,9-12H2. The molecule has 1 aliphatic rings. The van der Waals surface area contributed by atoms with Gasteiger partial charge in [0.15, 0.2) is 0 Å². The number of piperidine rings is 1. The Kier molecular flexibility index (Phi) is 5.54. The van der Waals surface area contributed by atoms with Crippen LogP contribution in [-0.2, 0) is 16.6 Å². The molecule has 0 aliphatic carbocycles. The van der Waals surface area contributed by atoms with Crippen molar-refractivity contribution < 1.29 is 13.5 Å². The van der Waals surface area contributed by atoms with Crippen molar-refractivity contribution in [2.45, 2.75) is 31.8 Å². The van der Waals surface area contributed by atoms with Crippen LogP contribution in [0.15, 0.2) is 30.3 Å². The Morgan fingerprint density at radius 2 is 1.80 bits per heavy atom. The molecule has 0 aromatic heterocycles. The summed E-state index contributed by atoms with van der Waals surface area (Å²) in [7, 11) is -3.45. The maximum Gasteiger partial charge on any atom is 0.279 e. The normalized spacial score (nSPS) is 18.9. The van der Waals surface area contributed by atoms with Gasteiger partial charge in [-0.15, -0.1) is 0 Å². The van der Waals surface area contributed by atoms with E-state index in [-0.39, 0.29) is 6.54 Å². The second-order valence-electron chi connectivity index (χ2n) is 5.16. The van der Waals surface area contributed by atoms with Crippen molar-refractivity contribution in [1.82, 2.24) is 9.03 Å². The van der Waals surface area contributed by atoms with Crippen molar-refractivity contribution >= 4 is 10.2 Å². The van der Waals surface area contributed by atoms with E-state index in [1.165, 1.54) is 4.31 Å². The minimum Gasteiger partial charge on any atom is -0.391 e. The Hall–Kier alpha value is -0.950. The van der Waals surface area contributed by atoms with E-state index in [1.54, 1.807) is 0 Å². The molecule has 1 aromatic rings. The molecular formula is C14H22N2O3S. The average molecular weight is 298 g/mol. The van der Waals surface area contributed by atoms with Gasteiger partial charge in [0.2, 0.25) is 0 Å². The molecule has 0 saturated carbocycles. The zero-order valence-corrected chi connectivity index (χ0v) is 12.3. The van der Waals surface area contributed by atoms with E-state index >= 15 is 0 Å². The summed E-state index contributed by atoms with van der Waals surface area (Å²) in [6.45, 7) is 1.20. The monoisotopic (exact) mass is 298 g/mol. The summed E-state index contributed by atoms with van der Waals surface area (Å²) < 4.78 is 28.1. The Bertz CT molecular complexity index is 498. The third-order valence-corrected chi connectivity index (χ3v) is 5.05. The van der Waals surface area contributed by atoms with Crippen molar-refractivity contribution in [2.24, 2.45) is 0 Å². The first kappa shape index (κ1) is 15.4. The highest BCUT2D eigenvalue weighted by Crippen LogP contribution is 2.12. The van der Waals surface area contributed by atoms with E-state index in [4.69, 9.17) is 0 Å². The summed E-state index contributed by atoms with van der Waals surface area (Å²) in [5, 5.41) is 9.92. The molecule has 5 nitrogen and oxygen atoms in total. The van der Waals surface area contributed by atoms with Gasteiger partial charge >= 0.3 is 0 Å². The number of benzene rings is 1. The molecule has 0 radical (unpaired) electrons. The zero-order valence-electron chi connectivity index (χ0n) is 11.5. The quantitative estimate of drug-likeness (QED) is 0.820. The first-order chi connectivity index (χ1) is 9.58. The predicted octanol–water partition coefficient (Wildman–Crippen LogP) is 0.910. The van der Waals surface area contributed by atoms with Gasteiger partial charge in [-0.2, -0.15) is 17.4 Å². The summed E-state index contributed by atoms with van der Waals surface area (Å²) in [5.41, 5.74) is 0.997. The molecule has 1 heterocycles. The number of hydrogen-bond acceptors (Lipinski definition) is 3. The van der Waals surface area contributed by atoms with Crippen molar-refractivity contribution in [3.05, 3.63) is 35.9 Å². The van der Waals surface area contributed by atoms with E-state index in [0.29, 0.717) is 19.5 Å².